The summed E-state index contributed by atoms with van der Waals surface area (Å²) in [4.78, 5) is 10.7. The van der Waals surface area contributed by atoms with Crippen LogP contribution in [0.3, 0.4) is 0 Å². The van der Waals surface area contributed by atoms with Crippen molar-refractivity contribution in [3.05, 3.63) is 22.0 Å². The molecule has 0 spiro atoms. The summed E-state index contributed by atoms with van der Waals surface area (Å²) in [5.41, 5.74) is -0.266. The Labute approximate surface area is 56.8 Å². The second-order valence-electron chi connectivity index (χ2n) is 1.75. The highest BCUT2D eigenvalue weighted by Gasteiger charge is 2.05. The smallest absolute Gasteiger partial charge is 0.317 e. The molecule has 2 N–H and O–H groups in total. The van der Waals surface area contributed by atoms with Crippen molar-refractivity contribution < 1.29 is 9.63 Å². The van der Waals surface area contributed by atoms with Crippen LogP contribution in [-0.2, 0) is 0 Å². The highest BCUT2D eigenvalue weighted by atomic mass is 16.6. The van der Waals surface area contributed by atoms with Crippen LogP contribution in [0.4, 0.5) is 0 Å². The summed E-state index contributed by atoms with van der Waals surface area (Å²) in [6, 6.07) is 0. The molecule has 0 atom stereocenters. The van der Waals surface area contributed by atoms with Crippen LogP contribution in [-0.4, -0.2) is 10.3 Å². The number of nitrogens with one attached hydrogen (secondary N) is 1. The maximum absolute atomic E-state index is 10.7. The van der Waals surface area contributed by atoms with Gasteiger partial charge in [0.2, 0.25) is 0 Å². The van der Waals surface area contributed by atoms with E-state index in [4.69, 9.17) is 5.11 Å². The predicted molar refractivity (Wildman–Crippen MR) is 35.7 cm³/mol. The van der Waals surface area contributed by atoms with Gasteiger partial charge < -0.3 is 9.63 Å². The fraction of sp³-hybridized carbons (Fsp3) is 0.167. The van der Waals surface area contributed by atoms with E-state index in [-0.39, 0.29) is 11.5 Å². The van der Waals surface area contributed by atoms with Crippen molar-refractivity contribution in [2.75, 3.05) is 0 Å². The minimum atomic E-state index is -0.421. The highest BCUT2D eigenvalue weighted by molar-refractivity contribution is 5.51. The molecule has 1 aromatic rings. The van der Waals surface area contributed by atoms with Crippen molar-refractivity contribution in [3.8, 4) is 5.95 Å². The number of aromatic hydroxyl groups is 1. The van der Waals surface area contributed by atoms with Gasteiger partial charge in [-0.15, -0.1) is 0 Å². The van der Waals surface area contributed by atoms with Crippen LogP contribution in [0.15, 0.2) is 15.4 Å². The molecule has 0 bridgehead atoms. The standard InChI is InChI=1S/C6H7NO3/c1-2-3-4-5(8)7-10-6(4)9/h2-3,9H,1H3,(H,7,8)/b3-2-. The summed E-state index contributed by atoms with van der Waals surface area (Å²) in [6.07, 6.45) is 3.11. The first-order valence-electron chi connectivity index (χ1n) is 2.79. The molecule has 54 valence electrons. The lowest BCUT2D eigenvalue weighted by Gasteiger charge is -1.79. The molecule has 0 unspecified atom stereocenters. The topological polar surface area (TPSA) is 66.2 Å². The molecule has 0 aliphatic carbocycles. The fourth-order valence-corrected chi connectivity index (χ4v) is 0.615. The molecule has 0 radical (unpaired) electrons. The van der Waals surface area contributed by atoms with Gasteiger partial charge in [0.05, 0.1) is 0 Å². The van der Waals surface area contributed by atoms with Gasteiger partial charge in [-0.3, -0.25) is 4.79 Å². The Bertz CT molecular complexity index is 294. The zero-order valence-electron chi connectivity index (χ0n) is 5.42. The van der Waals surface area contributed by atoms with Crippen LogP contribution >= 0.6 is 0 Å². The van der Waals surface area contributed by atoms with Crippen molar-refractivity contribution in [3.63, 3.8) is 0 Å². The second kappa shape index (κ2) is 2.43. The Morgan fingerprint density at radius 2 is 2.40 bits per heavy atom. The largest absolute Gasteiger partial charge is 0.479 e. The summed E-state index contributed by atoms with van der Waals surface area (Å²) in [5, 5.41) is 10.8. The second-order valence-corrected chi connectivity index (χ2v) is 1.75. The predicted octanol–water partition coefficient (Wildman–Crippen LogP) is 0.707. The van der Waals surface area contributed by atoms with Crippen LogP contribution in [0.25, 0.3) is 6.08 Å². The van der Waals surface area contributed by atoms with Crippen molar-refractivity contribution in [2.24, 2.45) is 0 Å². The van der Waals surface area contributed by atoms with Crippen LogP contribution in [0.1, 0.15) is 12.5 Å². The Morgan fingerprint density at radius 3 is 2.80 bits per heavy atom. The van der Waals surface area contributed by atoms with E-state index in [9.17, 15) is 4.79 Å². The Kier molecular flexibility index (Phi) is 1.62. The molecule has 0 fully saturated rings. The van der Waals surface area contributed by atoms with Crippen LogP contribution in [0.2, 0.25) is 0 Å². The molecular weight excluding hydrogens is 134 g/mol. The number of H-pyrrole nitrogens is 1. The van der Waals surface area contributed by atoms with E-state index in [0.717, 1.165) is 0 Å². The van der Waals surface area contributed by atoms with Gasteiger partial charge in [-0.25, -0.2) is 0 Å². The molecule has 0 saturated heterocycles. The molecule has 0 saturated carbocycles. The molecule has 0 aliphatic heterocycles. The Balaban J connectivity index is 3.23. The van der Waals surface area contributed by atoms with E-state index in [0.29, 0.717) is 0 Å². The average molecular weight is 141 g/mol. The van der Waals surface area contributed by atoms with E-state index >= 15 is 0 Å². The van der Waals surface area contributed by atoms with E-state index < -0.39 is 5.56 Å². The molecule has 4 nitrogen and oxygen atoms in total. The van der Waals surface area contributed by atoms with E-state index in [2.05, 4.69) is 4.52 Å². The highest BCUT2D eigenvalue weighted by Crippen LogP contribution is 2.11. The molecule has 4 heteroatoms. The summed E-state index contributed by atoms with van der Waals surface area (Å²) >= 11 is 0. The number of hydrogen-bond donors (Lipinski definition) is 2. The van der Waals surface area contributed by atoms with E-state index in [1.165, 1.54) is 6.08 Å². The lowest BCUT2D eigenvalue weighted by Crippen LogP contribution is -1.99. The van der Waals surface area contributed by atoms with Crippen molar-refractivity contribution in [2.45, 2.75) is 6.92 Å². The van der Waals surface area contributed by atoms with Crippen LogP contribution in [0, 0.1) is 0 Å². The van der Waals surface area contributed by atoms with Gasteiger partial charge in [-0.1, -0.05) is 6.08 Å². The average Bonchev–Trinajstić information content (AvgIpc) is 2.20. The maximum Gasteiger partial charge on any atom is 0.317 e. The SMILES string of the molecule is C/C=C\c1c(O)o[nH]c1=O. The number of allylic oxidation sites excluding steroid dienone is 1. The lowest BCUT2D eigenvalue weighted by atomic mass is 10.3. The summed E-state index contributed by atoms with van der Waals surface area (Å²) in [7, 11) is 0. The van der Waals surface area contributed by atoms with Crippen LogP contribution < -0.4 is 5.56 Å². The Morgan fingerprint density at radius 1 is 1.70 bits per heavy atom. The third-order valence-corrected chi connectivity index (χ3v) is 1.05. The summed E-state index contributed by atoms with van der Waals surface area (Å²) < 4.78 is 4.31. The summed E-state index contributed by atoms with van der Waals surface area (Å²) in [6.45, 7) is 1.74. The third-order valence-electron chi connectivity index (χ3n) is 1.05. The third kappa shape index (κ3) is 0.953. The number of rotatable bonds is 1. The molecule has 1 rings (SSSR count). The maximum atomic E-state index is 10.7. The van der Waals surface area contributed by atoms with Crippen molar-refractivity contribution >= 4 is 6.08 Å². The fourth-order valence-electron chi connectivity index (χ4n) is 0.615. The first-order valence-corrected chi connectivity index (χ1v) is 2.79. The molecule has 1 heterocycles. The van der Waals surface area contributed by atoms with Gasteiger partial charge >= 0.3 is 5.95 Å². The van der Waals surface area contributed by atoms with E-state index in [1.54, 1.807) is 13.0 Å². The number of aromatic nitrogens is 1. The minimum absolute atomic E-state index is 0.155. The van der Waals surface area contributed by atoms with Crippen molar-refractivity contribution in [1.82, 2.24) is 5.16 Å². The molecule has 0 aromatic carbocycles. The van der Waals surface area contributed by atoms with Gasteiger partial charge in [0, 0.05) is 0 Å². The number of aromatic amines is 1. The lowest BCUT2D eigenvalue weighted by molar-refractivity contribution is 0.275. The zero-order chi connectivity index (χ0) is 7.56. The van der Waals surface area contributed by atoms with Gasteiger partial charge in [0.1, 0.15) is 5.56 Å². The quantitative estimate of drug-likeness (QED) is 0.605. The van der Waals surface area contributed by atoms with E-state index in [1.807, 2.05) is 5.16 Å². The molecule has 0 aliphatic rings. The normalized spacial score (nSPS) is 10.9. The van der Waals surface area contributed by atoms with Crippen molar-refractivity contribution in [1.29, 1.82) is 0 Å². The minimum Gasteiger partial charge on any atom is -0.479 e. The van der Waals surface area contributed by atoms with Gasteiger partial charge in [-0.2, -0.15) is 5.16 Å². The molecule has 1 aromatic heterocycles. The first-order chi connectivity index (χ1) is 4.75. The van der Waals surface area contributed by atoms with Gasteiger partial charge in [-0.05, 0) is 13.0 Å². The Hall–Kier alpha value is -1.45. The summed E-state index contributed by atoms with van der Waals surface area (Å²) in [5.74, 6) is -0.372. The first kappa shape index (κ1) is 6.67. The van der Waals surface area contributed by atoms with Crippen LogP contribution in [0.5, 0.6) is 5.95 Å². The molecule has 0 amide bonds. The molecule has 10 heavy (non-hydrogen) atoms. The molecular formula is C6H7NO3. The number of hydrogen-bond acceptors (Lipinski definition) is 3. The zero-order valence-corrected chi connectivity index (χ0v) is 5.42. The van der Waals surface area contributed by atoms with Gasteiger partial charge in [0.15, 0.2) is 0 Å². The van der Waals surface area contributed by atoms with Gasteiger partial charge in [0.25, 0.3) is 5.56 Å². The monoisotopic (exact) mass is 141 g/mol.